The van der Waals surface area contributed by atoms with Gasteiger partial charge in [-0.1, -0.05) is 0 Å². The summed E-state index contributed by atoms with van der Waals surface area (Å²) in [7, 11) is 4.88. The highest BCUT2D eigenvalue weighted by molar-refractivity contribution is 5.81. The van der Waals surface area contributed by atoms with Crippen LogP contribution in [0.3, 0.4) is 0 Å². The number of hydrogen-bond donors (Lipinski definition) is 1. The molecule has 0 fully saturated rings. The van der Waals surface area contributed by atoms with Crippen molar-refractivity contribution in [1.29, 1.82) is 0 Å². The van der Waals surface area contributed by atoms with Crippen LogP contribution in [-0.4, -0.2) is 45.2 Å². The van der Waals surface area contributed by atoms with Crippen LogP contribution in [0.2, 0.25) is 0 Å². The molecule has 26 heavy (non-hydrogen) atoms. The van der Waals surface area contributed by atoms with Crippen molar-refractivity contribution in [3.8, 4) is 17.2 Å². The van der Waals surface area contributed by atoms with Crippen molar-refractivity contribution in [3.05, 3.63) is 47.5 Å². The van der Waals surface area contributed by atoms with Gasteiger partial charge in [0.25, 0.3) is 0 Å². The Morgan fingerprint density at radius 3 is 2.27 bits per heavy atom. The first-order chi connectivity index (χ1) is 12.6. The van der Waals surface area contributed by atoms with Crippen LogP contribution in [0.4, 0.5) is 5.69 Å². The van der Waals surface area contributed by atoms with Crippen molar-refractivity contribution in [1.82, 2.24) is 4.90 Å². The summed E-state index contributed by atoms with van der Waals surface area (Å²) in [6.07, 6.45) is 0.809. The molecule has 1 aliphatic heterocycles. The molecule has 0 spiro atoms. The molecule has 1 heterocycles. The Morgan fingerprint density at radius 1 is 1.00 bits per heavy atom. The molecule has 6 nitrogen and oxygen atoms in total. The summed E-state index contributed by atoms with van der Waals surface area (Å²) >= 11 is 0. The molecule has 1 N–H and O–H groups in total. The monoisotopic (exact) mass is 356 g/mol. The van der Waals surface area contributed by atoms with Gasteiger partial charge in [0.1, 0.15) is 5.75 Å². The first kappa shape index (κ1) is 17.9. The van der Waals surface area contributed by atoms with E-state index in [0.717, 1.165) is 29.2 Å². The third-order valence-corrected chi connectivity index (χ3v) is 4.60. The lowest BCUT2D eigenvalue weighted by Crippen LogP contribution is -2.39. The highest BCUT2D eigenvalue weighted by Crippen LogP contribution is 2.33. The van der Waals surface area contributed by atoms with Crippen molar-refractivity contribution in [2.45, 2.75) is 13.0 Å². The number of nitrogens with one attached hydrogen (secondary N) is 1. The number of carbonyl (C=O) groups excluding carboxylic acids is 1. The Kier molecular flexibility index (Phi) is 5.51. The minimum atomic E-state index is 0.0706. The SMILES string of the molecule is COc1ccc(NCC(=O)N2CCc3cc(OC)c(OC)cc3C2)cc1. The molecule has 0 unspecified atom stereocenters. The van der Waals surface area contributed by atoms with E-state index in [-0.39, 0.29) is 12.5 Å². The van der Waals surface area contributed by atoms with Crippen LogP contribution in [0.25, 0.3) is 0 Å². The van der Waals surface area contributed by atoms with Gasteiger partial charge in [-0.2, -0.15) is 0 Å². The Morgan fingerprint density at radius 2 is 1.65 bits per heavy atom. The van der Waals surface area contributed by atoms with Crippen LogP contribution in [0.1, 0.15) is 11.1 Å². The van der Waals surface area contributed by atoms with E-state index in [9.17, 15) is 4.79 Å². The highest BCUT2D eigenvalue weighted by Gasteiger charge is 2.22. The van der Waals surface area contributed by atoms with E-state index in [0.29, 0.717) is 18.8 Å². The summed E-state index contributed by atoms with van der Waals surface area (Å²) in [6.45, 7) is 1.54. The summed E-state index contributed by atoms with van der Waals surface area (Å²) < 4.78 is 15.9. The van der Waals surface area contributed by atoms with E-state index in [4.69, 9.17) is 14.2 Å². The van der Waals surface area contributed by atoms with Crippen LogP contribution in [0, 0.1) is 0 Å². The molecule has 0 saturated heterocycles. The first-order valence-electron chi connectivity index (χ1n) is 8.54. The number of rotatable bonds is 6. The Labute approximate surface area is 153 Å². The molecule has 2 aromatic rings. The third kappa shape index (κ3) is 3.85. The third-order valence-electron chi connectivity index (χ3n) is 4.60. The Balaban J connectivity index is 1.63. The van der Waals surface area contributed by atoms with Gasteiger partial charge in [0.2, 0.25) is 5.91 Å². The van der Waals surface area contributed by atoms with Crippen LogP contribution in [0.15, 0.2) is 36.4 Å². The van der Waals surface area contributed by atoms with Gasteiger partial charge in [-0.05, 0) is 53.9 Å². The molecule has 6 heteroatoms. The fourth-order valence-corrected chi connectivity index (χ4v) is 3.09. The average Bonchev–Trinajstić information content (AvgIpc) is 2.70. The lowest BCUT2D eigenvalue weighted by atomic mass is 9.98. The molecular formula is C20H24N2O4. The number of carbonyl (C=O) groups is 1. The van der Waals surface area contributed by atoms with Crippen molar-refractivity contribution < 1.29 is 19.0 Å². The molecule has 0 aliphatic carbocycles. The molecule has 0 saturated carbocycles. The molecule has 0 radical (unpaired) electrons. The van der Waals surface area contributed by atoms with Crippen LogP contribution in [-0.2, 0) is 17.8 Å². The molecule has 2 aromatic carbocycles. The number of anilines is 1. The summed E-state index contributed by atoms with van der Waals surface area (Å²) in [6, 6.07) is 11.5. The highest BCUT2D eigenvalue weighted by atomic mass is 16.5. The van der Waals surface area contributed by atoms with Gasteiger partial charge in [-0.25, -0.2) is 0 Å². The summed E-state index contributed by atoms with van der Waals surface area (Å²) in [5.41, 5.74) is 3.20. The van der Waals surface area contributed by atoms with Crippen LogP contribution in [0.5, 0.6) is 17.2 Å². The van der Waals surface area contributed by atoms with Crippen LogP contribution < -0.4 is 19.5 Å². The number of ether oxygens (including phenoxy) is 3. The summed E-state index contributed by atoms with van der Waals surface area (Å²) in [5, 5.41) is 3.17. The molecule has 1 aliphatic rings. The molecule has 0 aromatic heterocycles. The second-order valence-corrected chi connectivity index (χ2v) is 6.12. The molecule has 3 rings (SSSR count). The van der Waals surface area contributed by atoms with Gasteiger partial charge < -0.3 is 24.4 Å². The predicted molar refractivity (Wildman–Crippen MR) is 100 cm³/mol. The van der Waals surface area contributed by atoms with Gasteiger partial charge >= 0.3 is 0 Å². The maximum absolute atomic E-state index is 12.6. The normalized spacial score (nSPS) is 13.0. The summed E-state index contributed by atoms with van der Waals surface area (Å²) in [5.74, 6) is 2.28. The fourth-order valence-electron chi connectivity index (χ4n) is 3.09. The van der Waals surface area contributed by atoms with Gasteiger partial charge in [0.05, 0.1) is 27.9 Å². The second-order valence-electron chi connectivity index (χ2n) is 6.12. The number of benzene rings is 2. The second kappa shape index (κ2) is 7.99. The molecular weight excluding hydrogens is 332 g/mol. The molecule has 0 atom stereocenters. The lowest BCUT2D eigenvalue weighted by molar-refractivity contribution is -0.130. The number of hydrogen-bond acceptors (Lipinski definition) is 5. The predicted octanol–water partition coefficient (Wildman–Crippen LogP) is 2.71. The number of nitrogens with zero attached hydrogens (tertiary/aromatic N) is 1. The molecule has 138 valence electrons. The largest absolute Gasteiger partial charge is 0.497 e. The van der Waals surface area contributed by atoms with E-state index in [1.165, 1.54) is 5.56 Å². The minimum absolute atomic E-state index is 0.0706. The van der Waals surface area contributed by atoms with Gasteiger partial charge in [-0.3, -0.25) is 4.79 Å². The zero-order valence-corrected chi connectivity index (χ0v) is 15.4. The lowest BCUT2D eigenvalue weighted by Gasteiger charge is -2.30. The van der Waals surface area contributed by atoms with E-state index >= 15 is 0 Å². The number of methoxy groups -OCH3 is 3. The van der Waals surface area contributed by atoms with E-state index in [1.807, 2.05) is 41.3 Å². The van der Waals surface area contributed by atoms with E-state index in [2.05, 4.69) is 5.32 Å². The Hall–Kier alpha value is -2.89. The zero-order chi connectivity index (χ0) is 18.5. The zero-order valence-electron chi connectivity index (χ0n) is 15.4. The number of amides is 1. The quantitative estimate of drug-likeness (QED) is 0.862. The van der Waals surface area contributed by atoms with E-state index < -0.39 is 0 Å². The van der Waals surface area contributed by atoms with Crippen molar-refractivity contribution in [2.24, 2.45) is 0 Å². The average molecular weight is 356 g/mol. The van der Waals surface area contributed by atoms with Gasteiger partial charge in [0.15, 0.2) is 11.5 Å². The van der Waals surface area contributed by atoms with Crippen molar-refractivity contribution >= 4 is 11.6 Å². The van der Waals surface area contributed by atoms with Gasteiger partial charge in [-0.15, -0.1) is 0 Å². The maximum atomic E-state index is 12.6. The number of fused-ring (bicyclic) bond motifs is 1. The summed E-state index contributed by atoms with van der Waals surface area (Å²) in [4.78, 5) is 14.4. The van der Waals surface area contributed by atoms with Crippen molar-refractivity contribution in [3.63, 3.8) is 0 Å². The Bertz CT molecular complexity index is 774. The first-order valence-corrected chi connectivity index (χ1v) is 8.54. The standard InChI is InChI=1S/C20H24N2O4/c1-24-17-6-4-16(5-7-17)21-12-20(23)22-9-8-14-10-18(25-2)19(26-3)11-15(14)13-22/h4-7,10-11,21H,8-9,12-13H2,1-3H3. The molecule has 0 bridgehead atoms. The smallest absolute Gasteiger partial charge is 0.242 e. The molecule has 1 amide bonds. The minimum Gasteiger partial charge on any atom is -0.497 e. The van der Waals surface area contributed by atoms with Gasteiger partial charge in [0, 0.05) is 18.8 Å². The van der Waals surface area contributed by atoms with Crippen molar-refractivity contribution in [2.75, 3.05) is 39.7 Å². The van der Waals surface area contributed by atoms with Crippen LogP contribution >= 0.6 is 0 Å². The maximum Gasteiger partial charge on any atom is 0.242 e. The van der Waals surface area contributed by atoms with E-state index in [1.54, 1.807) is 21.3 Å². The fraction of sp³-hybridized carbons (Fsp3) is 0.350. The topological polar surface area (TPSA) is 60.0 Å².